The molecular weight excluding hydrogens is 757 g/mol. The number of nitrogens with zero attached hydrogens (tertiary/aromatic N) is 2. The molecule has 3 aromatic heterocycles. The van der Waals surface area contributed by atoms with Gasteiger partial charge in [0.2, 0.25) is 0 Å². The van der Waals surface area contributed by atoms with Gasteiger partial charge in [0.25, 0.3) is 0 Å². The Labute approximate surface area is 356 Å². The average Bonchev–Trinajstić information content (AvgIpc) is 4.02. The van der Waals surface area contributed by atoms with Crippen LogP contribution in [0.2, 0.25) is 0 Å². The van der Waals surface area contributed by atoms with Crippen LogP contribution in [0.3, 0.4) is 0 Å². The maximum Gasteiger partial charge on any atom is 0.143 e. The lowest BCUT2D eigenvalue weighted by molar-refractivity contribution is 0.669. The van der Waals surface area contributed by atoms with Crippen molar-refractivity contribution in [3.8, 4) is 27.9 Å². The molecule has 0 unspecified atom stereocenters. The summed E-state index contributed by atoms with van der Waals surface area (Å²) >= 11 is 0. The maximum absolute atomic E-state index is 6.77. The van der Waals surface area contributed by atoms with Gasteiger partial charge in [0.15, 0.2) is 0 Å². The summed E-state index contributed by atoms with van der Waals surface area (Å²) in [5.74, 6) is 0. The van der Waals surface area contributed by atoms with Crippen LogP contribution in [-0.2, 0) is 0 Å². The molecule has 13 aromatic rings. The Balaban J connectivity index is 1.04. The van der Waals surface area contributed by atoms with Gasteiger partial charge >= 0.3 is 0 Å². The Hall–Kier alpha value is -8.34. The summed E-state index contributed by atoms with van der Waals surface area (Å²) in [4.78, 5) is 2.40. The van der Waals surface area contributed by atoms with E-state index in [1.54, 1.807) is 0 Å². The third-order valence-electron chi connectivity index (χ3n) is 12.5. The Morgan fingerprint density at radius 3 is 1.90 bits per heavy atom. The molecule has 13 rings (SSSR count). The fourth-order valence-electron chi connectivity index (χ4n) is 9.81. The summed E-state index contributed by atoms with van der Waals surface area (Å²) < 4.78 is 15.4. The van der Waals surface area contributed by atoms with Gasteiger partial charge in [-0.2, -0.15) is 0 Å². The number of furan rings is 2. The normalized spacial score (nSPS) is 11.9. The zero-order valence-electron chi connectivity index (χ0n) is 33.5. The van der Waals surface area contributed by atoms with Crippen molar-refractivity contribution < 1.29 is 8.83 Å². The molecule has 0 N–H and O–H groups in total. The molecule has 0 fully saturated rings. The number of anilines is 3. The minimum atomic E-state index is 0.849. The molecule has 0 aliphatic heterocycles. The van der Waals surface area contributed by atoms with Crippen LogP contribution in [0.5, 0.6) is 0 Å². The van der Waals surface area contributed by atoms with Crippen molar-refractivity contribution in [2.24, 2.45) is 0 Å². The Kier molecular flexibility index (Phi) is 7.57. The van der Waals surface area contributed by atoms with Gasteiger partial charge < -0.3 is 18.3 Å². The molecule has 0 aliphatic carbocycles. The van der Waals surface area contributed by atoms with E-state index in [4.69, 9.17) is 8.83 Å². The number of aromatic nitrogens is 1. The van der Waals surface area contributed by atoms with Gasteiger partial charge in [-0.15, -0.1) is 0 Å². The van der Waals surface area contributed by atoms with Crippen molar-refractivity contribution >= 4 is 93.5 Å². The summed E-state index contributed by atoms with van der Waals surface area (Å²) in [6.07, 6.45) is 0. The Morgan fingerprint density at radius 2 is 1.02 bits per heavy atom. The van der Waals surface area contributed by atoms with E-state index in [1.807, 2.05) is 12.1 Å². The quantitative estimate of drug-likeness (QED) is 0.168. The summed E-state index contributed by atoms with van der Waals surface area (Å²) in [5, 5.41) is 9.10. The third-order valence-corrected chi connectivity index (χ3v) is 12.5. The molecule has 0 saturated heterocycles. The van der Waals surface area contributed by atoms with Crippen molar-refractivity contribution in [3.63, 3.8) is 0 Å². The molecule has 290 valence electrons. The van der Waals surface area contributed by atoms with E-state index in [0.717, 1.165) is 94.1 Å². The van der Waals surface area contributed by atoms with Gasteiger partial charge in [0, 0.05) is 49.4 Å². The van der Waals surface area contributed by atoms with Gasteiger partial charge in [-0.1, -0.05) is 133 Å². The summed E-state index contributed by atoms with van der Waals surface area (Å²) in [5.41, 5.74) is 14.7. The smallest absolute Gasteiger partial charge is 0.143 e. The summed E-state index contributed by atoms with van der Waals surface area (Å²) in [6.45, 7) is 0. The molecule has 0 amide bonds. The molecule has 0 bridgehead atoms. The molecule has 0 aliphatic rings. The van der Waals surface area contributed by atoms with Crippen molar-refractivity contribution in [3.05, 3.63) is 218 Å². The minimum Gasteiger partial charge on any atom is -0.456 e. The highest BCUT2D eigenvalue weighted by Gasteiger charge is 2.23. The minimum absolute atomic E-state index is 0.849. The highest BCUT2D eigenvalue weighted by atomic mass is 16.3. The van der Waals surface area contributed by atoms with Gasteiger partial charge in [0.05, 0.1) is 22.1 Å². The van der Waals surface area contributed by atoms with Gasteiger partial charge in [-0.25, -0.2) is 0 Å². The number of hydrogen-bond acceptors (Lipinski definition) is 3. The number of benzene rings is 10. The SMILES string of the molecule is c1ccc(-n2c3ccccc3c3c(-c4cccc(N(c5cccc(-c6ccc7oc8ccccc8c7c6)c5)c5cccc6oc7c8ccccc8ccc7c56)c4)cccc32)cc1. The van der Waals surface area contributed by atoms with Crippen LogP contribution in [-0.4, -0.2) is 4.57 Å². The van der Waals surface area contributed by atoms with Crippen LogP contribution in [0, 0.1) is 0 Å². The van der Waals surface area contributed by atoms with Crippen LogP contribution in [0.15, 0.2) is 227 Å². The lowest BCUT2D eigenvalue weighted by atomic mass is 9.98. The second-order valence-electron chi connectivity index (χ2n) is 16.0. The van der Waals surface area contributed by atoms with Crippen LogP contribution in [0.25, 0.3) is 104 Å². The van der Waals surface area contributed by atoms with E-state index in [-0.39, 0.29) is 0 Å². The first kappa shape index (κ1) is 34.5. The molecule has 4 heteroatoms. The van der Waals surface area contributed by atoms with Gasteiger partial charge in [0.1, 0.15) is 22.3 Å². The predicted octanol–water partition coefficient (Wildman–Crippen LogP) is 16.5. The maximum atomic E-state index is 6.77. The van der Waals surface area contributed by atoms with Crippen LogP contribution < -0.4 is 4.90 Å². The Morgan fingerprint density at radius 1 is 0.355 bits per heavy atom. The highest BCUT2D eigenvalue weighted by Crippen LogP contribution is 2.47. The molecule has 4 nitrogen and oxygen atoms in total. The standard InChI is InChI=1S/C58H36N2O2/c1-2-17-41(18-3-1)60-50-25-8-6-23-47(50)56-44(24-12-26-51(56)60)40-16-11-20-43(35-40)59(52-27-13-29-55-57(52)48-32-30-37-14-4-5-21-45(37)58(48)62-55)42-19-10-15-38(34-42)39-31-33-54-49(36-39)46-22-7-9-28-53(46)61-54/h1-36H. The molecule has 0 saturated carbocycles. The molecule has 0 spiro atoms. The fraction of sp³-hybridized carbons (Fsp3) is 0. The number of para-hydroxylation sites is 3. The van der Waals surface area contributed by atoms with E-state index in [0.29, 0.717) is 0 Å². The van der Waals surface area contributed by atoms with E-state index in [9.17, 15) is 0 Å². The monoisotopic (exact) mass is 792 g/mol. The Bertz CT molecular complexity index is 3890. The van der Waals surface area contributed by atoms with Crippen molar-refractivity contribution in [1.82, 2.24) is 4.57 Å². The first-order chi connectivity index (χ1) is 30.7. The largest absolute Gasteiger partial charge is 0.456 e. The summed E-state index contributed by atoms with van der Waals surface area (Å²) in [7, 11) is 0. The molecule has 10 aromatic carbocycles. The van der Waals surface area contributed by atoms with E-state index < -0.39 is 0 Å². The predicted molar refractivity (Wildman–Crippen MR) is 258 cm³/mol. The first-order valence-corrected chi connectivity index (χ1v) is 21.1. The lowest BCUT2D eigenvalue weighted by Gasteiger charge is -2.27. The number of fused-ring (bicyclic) bond motifs is 11. The molecule has 3 heterocycles. The van der Waals surface area contributed by atoms with Crippen molar-refractivity contribution in [2.45, 2.75) is 0 Å². The van der Waals surface area contributed by atoms with E-state index >= 15 is 0 Å². The van der Waals surface area contributed by atoms with Crippen LogP contribution in [0.4, 0.5) is 17.1 Å². The van der Waals surface area contributed by atoms with Crippen LogP contribution in [0.1, 0.15) is 0 Å². The van der Waals surface area contributed by atoms with E-state index in [2.05, 4.69) is 216 Å². The first-order valence-electron chi connectivity index (χ1n) is 21.1. The number of hydrogen-bond donors (Lipinski definition) is 0. The zero-order valence-corrected chi connectivity index (χ0v) is 33.5. The highest BCUT2D eigenvalue weighted by molar-refractivity contribution is 6.20. The number of rotatable bonds is 6. The summed E-state index contributed by atoms with van der Waals surface area (Å²) in [6, 6.07) is 78.1. The fourth-order valence-corrected chi connectivity index (χ4v) is 9.81. The molecule has 0 atom stereocenters. The van der Waals surface area contributed by atoms with E-state index in [1.165, 1.54) is 27.4 Å². The zero-order chi connectivity index (χ0) is 40.7. The van der Waals surface area contributed by atoms with Crippen molar-refractivity contribution in [1.29, 1.82) is 0 Å². The topological polar surface area (TPSA) is 34.5 Å². The second-order valence-corrected chi connectivity index (χ2v) is 16.0. The molecule has 0 radical (unpaired) electrons. The molecular formula is C58H36N2O2. The van der Waals surface area contributed by atoms with Gasteiger partial charge in [-0.05, 0) is 113 Å². The van der Waals surface area contributed by atoms with Crippen LogP contribution >= 0.6 is 0 Å². The third kappa shape index (κ3) is 5.27. The second kappa shape index (κ2) is 13.6. The average molecular weight is 793 g/mol. The van der Waals surface area contributed by atoms with Gasteiger partial charge in [-0.3, -0.25) is 0 Å². The lowest BCUT2D eigenvalue weighted by Crippen LogP contribution is -2.10. The molecule has 62 heavy (non-hydrogen) atoms. The van der Waals surface area contributed by atoms with Crippen molar-refractivity contribution in [2.75, 3.05) is 4.90 Å².